The van der Waals surface area contributed by atoms with Gasteiger partial charge in [0.15, 0.2) is 0 Å². The highest BCUT2D eigenvalue weighted by Crippen LogP contribution is 2.26. The summed E-state index contributed by atoms with van der Waals surface area (Å²) in [5.74, 6) is 1.02. The van der Waals surface area contributed by atoms with Crippen molar-refractivity contribution in [3.05, 3.63) is 46.3 Å². The first kappa shape index (κ1) is 14.0. The molecule has 102 valence electrons. The van der Waals surface area contributed by atoms with E-state index in [0.29, 0.717) is 6.04 Å². The zero-order chi connectivity index (χ0) is 13.7. The topological polar surface area (TPSA) is 28.2 Å². The minimum atomic E-state index is 0.349. The van der Waals surface area contributed by atoms with Gasteiger partial charge in [0.05, 0.1) is 11.7 Å². The lowest BCUT2D eigenvalue weighted by Gasteiger charge is -2.25. The first-order chi connectivity index (χ1) is 9.22. The molecule has 19 heavy (non-hydrogen) atoms. The van der Waals surface area contributed by atoms with Gasteiger partial charge in [0.2, 0.25) is 0 Å². The number of aromatic nitrogens is 1. The summed E-state index contributed by atoms with van der Waals surface area (Å²) in [6.07, 6.45) is 0. The molecule has 1 unspecified atom stereocenters. The molecule has 0 bridgehead atoms. The predicted octanol–water partition coefficient (Wildman–Crippen LogP) is 3.45. The predicted molar refractivity (Wildman–Crippen MR) is 82.8 cm³/mol. The minimum Gasteiger partial charge on any atom is -0.352 e. The van der Waals surface area contributed by atoms with Crippen molar-refractivity contribution in [2.24, 2.45) is 0 Å². The molecule has 0 spiro atoms. The van der Waals surface area contributed by atoms with E-state index >= 15 is 0 Å². The monoisotopic (exact) mass is 275 g/mol. The molecule has 0 fully saturated rings. The fraction of sp³-hybridized carbons (Fsp3) is 0.400. The minimum absolute atomic E-state index is 0.349. The van der Waals surface area contributed by atoms with E-state index in [1.54, 1.807) is 11.3 Å². The Balaban J connectivity index is 2.12. The molecule has 2 aromatic rings. The van der Waals surface area contributed by atoms with Gasteiger partial charge in [-0.05, 0) is 37.0 Å². The van der Waals surface area contributed by atoms with Crippen molar-refractivity contribution in [3.8, 4) is 0 Å². The molecule has 1 atom stereocenters. The molecule has 3 nitrogen and oxygen atoms in total. The van der Waals surface area contributed by atoms with Crippen molar-refractivity contribution in [1.29, 1.82) is 0 Å². The summed E-state index contributed by atoms with van der Waals surface area (Å²) in [7, 11) is 2.10. The van der Waals surface area contributed by atoms with Crippen LogP contribution >= 0.6 is 11.3 Å². The Kier molecular flexibility index (Phi) is 4.93. The van der Waals surface area contributed by atoms with Crippen molar-refractivity contribution >= 4 is 17.2 Å². The van der Waals surface area contributed by atoms with Gasteiger partial charge in [-0.1, -0.05) is 19.1 Å². The molecular weight excluding hydrogens is 254 g/mol. The lowest BCUT2D eigenvalue weighted by atomic mass is 10.2. The van der Waals surface area contributed by atoms with Crippen LogP contribution in [0.3, 0.4) is 0 Å². The first-order valence-electron chi connectivity index (χ1n) is 6.65. The van der Waals surface area contributed by atoms with E-state index in [0.717, 1.165) is 24.6 Å². The Hall–Kier alpha value is -1.39. The quantitative estimate of drug-likeness (QED) is 0.875. The summed E-state index contributed by atoms with van der Waals surface area (Å²) >= 11 is 1.79. The van der Waals surface area contributed by atoms with Gasteiger partial charge < -0.3 is 10.2 Å². The summed E-state index contributed by atoms with van der Waals surface area (Å²) in [6, 6.07) is 10.8. The summed E-state index contributed by atoms with van der Waals surface area (Å²) in [5.41, 5.74) is 1.09. The molecular formula is C15H21N3S. The third-order valence-electron chi connectivity index (χ3n) is 3.25. The average Bonchev–Trinajstić information content (AvgIpc) is 2.98. The lowest BCUT2D eigenvalue weighted by molar-refractivity contribution is 0.699. The Labute approximate surface area is 119 Å². The largest absolute Gasteiger partial charge is 0.352 e. The van der Waals surface area contributed by atoms with E-state index in [1.165, 1.54) is 4.88 Å². The highest BCUT2D eigenvalue weighted by molar-refractivity contribution is 7.10. The van der Waals surface area contributed by atoms with E-state index < -0.39 is 0 Å². The molecule has 0 aliphatic rings. The van der Waals surface area contributed by atoms with E-state index in [9.17, 15) is 0 Å². The third kappa shape index (κ3) is 3.55. The summed E-state index contributed by atoms with van der Waals surface area (Å²) in [5, 5.41) is 5.43. The second kappa shape index (κ2) is 6.68. The fourth-order valence-corrected chi connectivity index (χ4v) is 2.76. The Bertz CT molecular complexity index is 496. The molecule has 1 N–H and O–H groups in total. The van der Waals surface area contributed by atoms with Crippen LogP contribution in [0.5, 0.6) is 0 Å². The van der Waals surface area contributed by atoms with Crippen LogP contribution in [0.2, 0.25) is 0 Å². The van der Waals surface area contributed by atoms with Crippen LogP contribution in [0, 0.1) is 0 Å². The summed E-state index contributed by atoms with van der Waals surface area (Å²) in [4.78, 5) is 8.30. The van der Waals surface area contributed by atoms with Crippen molar-refractivity contribution in [2.75, 3.05) is 18.5 Å². The zero-order valence-electron chi connectivity index (χ0n) is 11.8. The smallest absolute Gasteiger partial charge is 0.129 e. The second-order valence-electron chi connectivity index (χ2n) is 4.57. The number of anilines is 1. The zero-order valence-corrected chi connectivity index (χ0v) is 12.6. The van der Waals surface area contributed by atoms with Gasteiger partial charge in [-0.2, -0.15) is 0 Å². The number of nitrogens with zero attached hydrogens (tertiary/aromatic N) is 2. The number of hydrogen-bond acceptors (Lipinski definition) is 4. The van der Waals surface area contributed by atoms with Crippen LogP contribution in [0.25, 0.3) is 0 Å². The highest BCUT2D eigenvalue weighted by Gasteiger charge is 2.14. The Morgan fingerprint density at radius 1 is 1.32 bits per heavy atom. The van der Waals surface area contributed by atoms with Gasteiger partial charge in [-0.3, -0.25) is 0 Å². The molecule has 2 rings (SSSR count). The Morgan fingerprint density at radius 3 is 2.84 bits per heavy atom. The maximum atomic E-state index is 4.71. The average molecular weight is 275 g/mol. The molecule has 2 heterocycles. The number of thiophene rings is 1. The van der Waals surface area contributed by atoms with Crippen molar-refractivity contribution < 1.29 is 0 Å². The standard InChI is InChI=1S/C15H21N3S/c1-4-16-11-13-7-5-9-15(17-13)18(3)12(2)14-8-6-10-19-14/h5-10,12,16H,4,11H2,1-3H3. The normalized spacial score (nSPS) is 12.4. The highest BCUT2D eigenvalue weighted by atomic mass is 32.1. The van der Waals surface area contributed by atoms with Gasteiger partial charge in [0.25, 0.3) is 0 Å². The van der Waals surface area contributed by atoms with Crippen LogP contribution in [-0.2, 0) is 6.54 Å². The van der Waals surface area contributed by atoms with E-state index in [4.69, 9.17) is 4.98 Å². The molecule has 0 saturated heterocycles. The van der Waals surface area contributed by atoms with Crippen molar-refractivity contribution in [1.82, 2.24) is 10.3 Å². The molecule has 0 aliphatic heterocycles. The molecule has 0 aromatic carbocycles. The van der Waals surface area contributed by atoms with E-state index in [1.807, 2.05) is 0 Å². The van der Waals surface area contributed by atoms with Crippen LogP contribution in [0.4, 0.5) is 5.82 Å². The maximum absolute atomic E-state index is 4.71. The lowest BCUT2D eigenvalue weighted by Crippen LogP contribution is -2.22. The van der Waals surface area contributed by atoms with Crippen LogP contribution in [-0.4, -0.2) is 18.6 Å². The SMILES string of the molecule is CCNCc1cccc(N(C)C(C)c2cccs2)n1. The third-order valence-corrected chi connectivity index (χ3v) is 4.29. The summed E-state index contributed by atoms with van der Waals surface area (Å²) < 4.78 is 0. The summed E-state index contributed by atoms with van der Waals surface area (Å²) in [6.45, 7) is 6.11. The van der Waals surface area contributed by atoms with E-state index in [-0.39, 0.29) is 0 Å². The van der Waals surface area contributed by atoms with Gasteiger partial charge in [0, 0.05) is 18.5 Å². The molecule has 2 aromatic heterocycles. The molecule has 0 radical (unpaired) electrons. The van der Waals surface area contributed by atoms with Crippen LogP contribution < -0.4 is 10.2 Å². The van der Waals surface area contributed by atoms with Gasteiger partial charge in [-0.25, -0.2) is 4.98 Å². The number of nitrogens with one attached hydrogen (secondary N) is 1. The number of rotatable bonds is 6. The van der Waals surface area contributed by atoms with Gasteiger partial charge in [-0.15, -0.1) is 11.3 Å². The maximum Gasteiger partial charge on any atom is 0.129 e. The van der Waals surface area contributed by atoms with Gasteiger partial charge >= 0.3 is 0 Å². The van der Waals surface area contributed by atoms with Crippen molar-refractivity contribution in [2.45, 2.75) is 26.4 Å². The van der Waals surface area contributed by atoms with Crippen LogP contribution in [0.15, 0.2) is 35.7 Å². The fourth-order valence-electron chi connectivity index (χ4n) is 1.93. The van der Waals surface area contributed by atoms with Crippen molar-refractivity contribution in [3.63, 3.8) is 0 Å². The van der Waals surface area contributed by atoms with Gasteiger partial charge in [0.1, 0.15) is 5.82 Å². The first-order valence-corrected chi connectivity index (χ1v) is 7.53. The molecule has 4 heteroatoms. The Morgan fingerprint density at radius 2 is 2.16 bits per heavy atom. The van der Waals surface area contributed by atoms with Crippen LogP contribution in [0.1, 0.15) is 30.5 Å². The molecule has 0 aliphatic carbocycles. The molecule has 0 saturated carbocycles. The van der Waals surface area contributed by atoms with E-state index in [2.05, 4.69) is 66.8 Å². The second-order valence-corrected chi connectivity index (χ2v) is 5.55. The molecule has 0 amide bonds. The number of hydrogen-bond donors (Lipinski definition) is 1. The number of pyridine rings is 1.